The van der Waals surface area contributed by atoms with E-state index in [-0.39, 0.29) is 0 Å². The SMILES string of the molecule is Cc1cc(C)c(N(c2cc(C)c(C)c(N(c3nc(-c4cccc(-c5ccccc5)c4)nc(-c4ccccc4-c4ccccc4)n3)c3ccccc3-c3ccccc3)c2C)c2c(C)cc(C)cc2C)c(C)c1. The van der Waals surface area contributed by atoms with Gasteiger partial charge in [0.05, 0.1) is 28.4 Å². The second-order valence-corrected chi connectivity index (χ2v) is 19.0. The lowest BCUT2D eigenvalue weighted by molar-refractivity contribution is 1.01. The van der Waals surface area contributed by atoms with Gasteiger partial charge in [-0.25, -0.2) is 4.98 Å². The van der Waals surface area contributed by atoms with Crippen molar-refractivity contribution in [1.82, 2.24) is 15.0 Å². The minimum Gasteiger partial charge on any atom is -0.309 e. The molecule has 0 saturated heterocycles. The van der Waals surface area contributed by atoms with Crippen LogP contribution in [0, 0.1) is 62.3 Å². The average molecular weight is 922 g/mol. The van der Waals surface area contributed by atoms with Gasteiger partial charge >= 0.3 is 0 Å². The van der Waals surface area contributed by atoms with E-state index in [1.54, 1.807) is 0 Å². The summed E-state index contributed by atoms with van der Waals surface area (Å²) < 4.78 is 0. The maximum atomic E-state index is 5.65. The fourth-order valence-corrected chi connectivity index (χ4v) is 10.6. The predicted molar refractivity (Wildman–Crippen MR) is 299 cm³/mol. The molecule has 1 aromatic heterocycles. The molecule has 0 radical (unpaired) electrons. The zero-order valence-electron chi connectivity index (χ0n) is 42.2. The van der Waals surface area contributed by atoms with E-state index in [1.807, 2.05) is 0 Å². The molecule has 0 unspecified atom stereocenters. The van der Waals surface area contributed by atoms with Crippen molar-refractivity contribution in [2.75, 3.05) is 9.80 Å². The Hall–Kier alpha value is -8.41. The van der Waals surface area contributed by atoms with E-state index in [9.17, 15) is 0 Å². The Bertz CT molecular complexity index is 3480. The highest BCUT2D eigenvalue weighted by Gasteiger charge is 2.30. The third kappa shape index (κ3) is 9.03. The molecular formula is C66H59N5. The molecule has 5 nitrogen and oxygen atoms in total. The molecule has 10 rings (SSSR count). The zero-order chi connectivity index (χ0) is 49.3. The first-order valence-electron chi connectivity index (χ1n) is 24.5. The summed E-state index contributed by atoms with van der Waals surface area (Å²) in [7, 11) is 0. The second kappa shape index (κ2) is 19.5. The van der Waals surface area contributed by atoms with Gasteiger partial charge in [0.2, 0.25) is 5.95 Å². The number of nitrogens with zero attached hydrogens (tertiary/aromatic N) is 5. The molecule has 0 aliphatic carbocycles. The van der Waals surface area contributed by atoms with Crippen LogP contribution in [0.25, 0.3) is 56.2 Å². The number of anilines is 6. The van der Waals surface area contributed by atoms with Crippen LogP contribution in [0.15, 0.2) is 194 Å². The number of aromatic nitrogens is 3. The normalized spacial score (nSPS) is 11.2. The molecule has 0 N–H and O–H groups in total. The van der Waals surface area contributed by atoms with Gasteiger partial charge < -0.3 is 4.90 Å². The first kappa shape index (κ1) is 46.3. The van der Waals surface area contributed by atoms with Crippen LogP contribution in [-0.2, 0) is 0 Å². The Kier molecular flexibility index (Phi) is 12.7. The molecule has 0 saturated carbocycles. The minimum atomic E-state index is 0.515. The van der Waals surface area contributed by atoms with E-state index in [4.69, 9.17) is 15.0 Å². The number of benzene rings is 9. The van der Waals surface area contributed by atoms with Crippen LogP contribution in [0.1, 0.15) is 50.1 Å². The molecule has 0 amide bonds. The Morgan fingerprint density at radius 3 is 1.31 bits per heavy atom. The van der Waals surface area contributed by atoms with E-state index >= 15 is 0 Å². The van der Waals surface area contributed by atoms with E-state index in [1.165, 1.54) is 44.8 Å². The average Bonchev–Trinajstić information content (AvgIpc) is 3.38. The van der Waals surface area contributed by atoms with E-state index in [2.05, 4.69) is 266 Å². The summed E-state index contributed by atoms with van der Waals surface area (Å²) in [5.74, 6) is 1.67. The molecule has 9 aromatic carbocycles. The lowest BCUT2D eigenvalue weighted by atomic mass is 9.94. The molecule has 10 aromatic rings. The van der Waals surface area contributed by atoms with Gasteiger partial charge in [-0.05, 0) is 147 Å². The summed E-state index contributed by atoms with van der Waals surface area (Å²) in [6.45, 7) is 20.1. The van der Waals surface area contributed by atoms with Gasteiger partial charge in [0.25, 0.3) is 0 Å². The Morgan fingerprint density at radius 2 is 0.732 bits per heavy atom. The van der Waals surface area contributed by atoms with E-state index in [0.29, 0.717) is 17.6 Å². The van der Waals surface area contributed by atoms with Crippen molar-refractivity contribution < 1.29 is 0 Å². The highest BCUT2D eigenvalue weighted by molar-refractivity contribution is 5.94. The number of para-hydroxylation sites is 1. The van der Waals surface area contributed by atoms with Gasteiger partial charge in [-0.3, -0.25) is 4.90 Å². The van der Waals surface area contributed by atoms with Gasteiger partial charge in [-0.2, -0.15) is 9.97 Å². The molecule has 0 spiro atoms. The number of hydrogen-bond donors (Lipinski definition) is 0. The molecule has 5 heteroatoms. The highest BCUT2D eigenvalue weighted by atomic mass is 15.3. The largest absolute Gasteiger partial charge is 0.309 e. The molecule has 0 fully saturated rings. The lowest BCUT2D eigenvalue weighted by Gasteiger charge is -2.36. The zero-order valence-corrected chi connectivity index (χ0v) is 42.2. The van der Waals surface area contributed by atoms with Gasteiger partial charge in [0.1, 0.15) is 0 Å². The van der Waals surface area contributed by atoms with Crippen molar-refractivity contribution in [3.63, 3.8) is 0 Å². The first-order chi connectivity index (χ1) is 34.4. The molecular weight excluding hydrogens is 863 g/mol. The van der Waals surface area contributed by atoms with E-state index < -0.39 is 0 Å². The summed E-state index contributed by atoms with van der Waals surface area (Å²) in [5, 5.41) is 0. The summed E-state index contributed by atoms with van der Waals surface area (Å²) in [6, 6.07) is 68.9. The predicted octanol–water partition coefficient (Wildman–Crippen LogP) is 17.9. The number of aryl methyl sites for hydroxylation is 7. The topological polar surface area (TPSA) is 45.2 Å². The molecule has 348 valence electrons. The van der Waals surface area contributed by atoms with Crippen LogP contribution in [-0.4, -0.2) is 15.0 Å². The first-order valence-corrected chi connectivity index (χ1v) is 24.5. The van der Waals surface area contributed by atoms with Crippen molar-refractivity contribution in [3.8, 4) is 56.2 Å². The quantitative estimate of drug-likeness (QED) is 0.129. The van der Waals surface area contributed by atoms with Crippen molar-refractivity contribution >= 4 is 34.4 Å². The molecule has 0 aliphatic rings. The molecule has 0 atom stereocenters. The van der Waals surface area contributed by atoms with Gasteiger partial charge in [-0.1, -0.05) is 187 Å². The fraction of sp³-hybridized carbons (Fsp3) is 0.136. The summed E-state index contributed by atoms with van der Waals surface area (Å²) in [4.78, 5) is 21.5. The maximum absolute atomic E-state index is 5.65. The smallest absolute Gasteiger partial charge is 0.238 e. The Labute approximate surface area is 419 Å². The second-order valence-electron chi connectivity index (χ2n) is 19.0. The fourth-order valence-electron chi connectivity index (χ4n) is 10.6. The molecule has 1 heterocycles. The van der Waals surface area contributed by atoms with Crippen molar-refractivity contribution in [2.24, 2.45) is 0 Å². The van der Waals surface area contributed by atoms with Crippen LogP contribution < -0.4 is 9.80 Å². The van der Waals surface area contributed by atoms with Crippen LogP contribution in [0.2, 0.25) is 0 Å². The molecule has 71 heavy (non-hydrogen) atoms. The standard InChI is InChI=1S/C66H59N5/c1-42-36-45(4)61(46(5)37-42)70(62-47(6)38-43(2)39-48(62)7)60-40-44(3)49(8)63(50(60)9)71(59-35-22-21-33-57(59)53-28-17-12-18-29-53)66-68-64(55-31-23-30-54(41-55)51-24-13-10-14-25-51)67-65(69-66)58-34-20-19-32-56(58)52-26-15-11-16-27-52/h10-41H,1-9H3. The van der Waals surface area contributed by atoms with Crippen LogP contribution in [0.5, 0.6) is 0 Å². The Balaban J connectivity index is 1.32. The monoisotopic (exact) mass is 921 g/mol. The van der Waals surface area contributed by atoms with E-state index in [0.717, 1.165) is 78.3 Å². The van der Waals surface area contributed by atoms with Gasteiger partial charge in [0.15, 0.2) is 11.6 Å². The van der Waals surface area contributed by atoms with Crippen molar-refractivity contribution in [2.45, 2.75) is 62.3 Å². The highest BCUT2D eigenvalue weighted by Crippen LogP contribution is 2.50. The maximum Gasteiger partial charge on any atom is 0.238 e. The van der Waals surface area contributed by atoms with Crippen LogP contribution >= 0.6 is 0 Å². The lowest BCUT2D eigenvalue weighted by Crippen LogP contribution is -2.22. The van der Waals surface area contributed by atoms with Gasteiger partial charge in [-0.15, -0.1) is 0 Å². The third-order valence-corrected chi connectivity index (χ3v) is 13.8. The number of hydrogen-bond acceptors (Lipinski definition) is 5. The minimum absolute atomic E-state index is 0.515. The molecule has 0 bridgehead atoms. The summed E-state index contributed by atoms with van der Waals surface area (Å²) in [5.41, 5.74) is 24.4. The van der Waals surface area contributed by atoms with Crippen molar-refractivity contribution in [1.29, 1.82) is 0 Å². The third-order valence-electron chi connectivity index (χ3n) is 13.8. The Morgan fingerprint density at radius 1 is 0.282 bits per heavy atom. The summed E-state index contributed by atoms with van der Waals surface area (Å²) >= 11 is 0. The molecule has 0 aliphatic heterocycles. The van der Waals surface area contributed by atoms with Crippen molar-refractivity contribution in [3.05, 3.63) is 244 Å². The van der Waals surface area contributed by atoms with Crippen LogP contribution in [0.4, 0.5) is 34.4 Å². The van der Waals surface area contributed by atoms with Gasteiger partial charge in [0, 0.05) is 16.7 Å². The van der Waals surface area contributed by atoms with Crippen LogP contribution in [0.3, 0.4) is 0 Å². The number of rotatable bonds is 11. The summed E-state index contributed by atoms with van der Waals surface area (Å²) in [6.07, 6.45) is 0.